The van der Waals surface area contributed by atoms with Gasteiger partial charge in [-0.2, -0.15) is 0 Å². The maximum Gasteiger partial charge on any atom is 0.0728 e. The van der Waals surface area contributed by atoms with E-state index in [1.54, 1.807) is 0 Å². The summed E-state index contributed by atoms with van der Waals surface area (Å²) in [5.41, 5.74) is -2.15. The van der Waals surface area contributed by atoms with E-state index in [0.29, 0.717) is 0 Å². The first-order chi connectivity index (χ1) is 7.34. The molecule has 0 saturated heterocycles. The lowest BCUT2D eigenvalue weighted by molar-refractivity contribution is -0.261. The molecule has 1 aromatic carbocycles. The second-order valence-electron chi connectivity index (χ2n) is 3.10. The molecule has 0 aromatic heterocycles. The van der Waals surface area contributed by atoms with Gasteiger partial charge in [-0.1, -0.05) is 0 Å². The van der Waals surface area contributed by atoms with E-state index in [-0.39, 0.29) is 5.56 Å². The minimum atomic E-state index is -1.90. The van der Waals surface area contributed by atoms with Crippen LogP contribution in [0.4, 0.5) is 0 Å². The maximum absolute atomic E-state index is 10.7. The average molecular weight is 221 g/mol. The van der Waals surface area contributed by atoms with E-state index < -0.39 is 34.6 Å². The molecule has 0 spiro atoms. The summed E-state index contributed by atoms with van der Waals surface area (Å²) in [6.45, 7) is 1.41. The summed E-state index contributed by atoms with van der Waals surface area (Å²) in [5.74, 6) is -5.48. The zero-order valence-corrected chi connectivity index (χ0v) is 8.10. The minimum absolute atomic E-state index is 0.267. The molecule has 0 saturated carbocycles. The van der Waals surface area contributed by atoms with Gasteiger partial charge in [-0.3, -0.25) is 0 Å². The summed E-state index contributed by atoms with van der Waals surface area (Å²) >= 11 is 0. The highest BCUT2D eigenvalue weighted by molar-refractivity contribution is 6.07. The zero-order chi connectivity index (χ0) is 12.5. The van der Waals surface area contributed by atoms with Crippen molar-refractivity contribution in [2.75, 3.05) is 0 Å². The van der Waals surface area contributed by atoms with Crippen LogP contribution in [0.1, 0.15) is 36.6 Å². The fourth-order valence-corrected chi connectivity index (χ4v) is 1.33. The molecule has 0 fully saturated rings. The number of carbonyl (C=O) groups excluding carboxylic acids is 3. The van der Waals surface area contributed by atoms with Crippen molar-refractivity contribution >= 4 is 17.9 Å². The highest BCUT2D eigenvalue weighted by atomic mass is 16.4. The number of hydrogen-bond donors (Lipinski definition) is 0. The summed E-state index contributed by atoms with van der Waals surface area (Å²) in [5, 5.41) is 31.9. The van der Waals surface area contributed by atoms with Crippen molar-refractivity contribution in [1.29, 1.82) is 0 Å². The van der Waals surface area contributed by atoms with Crippen LogP contribution in [0.5, 0.6) is 0 Å². The average Bonchev–Trinajstić information content (AvgIpc) is 2.15. The SMILES string of the molecule is Cc1cc(C(=O)[O-])c(C(=O)[O-])c(C(=O)[O-])c1. The number of aromatic carboxylic acids is 3. The van der Waals surface area contributed by atoms with Crippen LogP contribution in [0.15, 0.2) is 12.1 Å². The predicted octanol–water partition coefficient (Wildman–Crippen LogP) is -2.91. The molecule has 84 valence electrons. The van der Waals surface area contributed by atoms with Crippen LogP contribution in [-0.2, 0) is 0 Å². The number of carbonyl (C=O) groups is 3. The normalized spacial score (nSPS) is 9.81. The van der Waals surface area contributed by atoms with Crippen LogP contribution in [0.2, 0.25) is 0 Å². The molecule has 16 heavy (non-hydrogen) atoms. The van der Waals surface area contributed by atoms with E-state index >= 15 is 0 Å². The second kappa shape index (κ2) is 4.01. The lowest BCUT2D eigenvalue weighted by Crippen LogP contribution is -2.34. The Balaban J connectivity index is 3.67. The largest absolute Gasteiger partial charge is 0.545 e. The van der Waals surface area contributed by atoms with E-state index in [1.807, 2.05) is 0 Å². The lowest BCUT2D eigenvalue weighted by atomic mass is 9.98. The maximum atomic E-state index is 10.7. The van der Waals surface area contributed by atoms with Crippen molar-refractivity contribution in [2.24, 2.45) is 0 Å². The van der Waals surface area contributed by atoms with E-state index in [4.69, 9.17) is 0 Å². The minimum Gasteiger partial charge on any atom is -0.545 e. The summed E-state index contributed by atoms with van der Waals surface area (Å²) in [6, 6.07) is 1.99. The predicted molar refractivity (Wildman–Crippen MR) is 44.2 cm³/mol. The van der Waals surface area contributed by atoms with Crippen LogP contribution in [0.3, 0.4) is 0 Å². The molecule has 1 rings (SSSR count). The van der Waals surface area contributed by atoms with Crippen molar-refractivity contribution in [3.63, 3.8) is 0 Å². The first kappa shape index (κ1) is 11.7. The third-order valence-electron chi connectivity index (χ3n) is 1.93. The summed E-state index contributed by atoms with van der Waals surface area (Å²) < 4.78 is 0. The van der Waals surface area contributed by atoms with Crippen molar-refractivity contribution in [3.05, 3.63) is 34.4 Å². The molecular weight excluding hydrogens is 216 g/mol. The summed E-state index contributed by atoms with van der Waals surface area (Å²) in [6.07, 6.45) is 0. The Morgan fingerprint density at radius 2 is 1.25 bits per heavy atom. The molecule has 0 aliphatic rings. The molecule has 0 amide bonds. The van der Waals surface area contributed by atoms with Gasteiger partial charge < -0.3 is 29.7 Å². The molecule has 0 unspecified atom stereocenters. The molecule has 0 atom stereocenters. The third-order valence-corrected chi connectivity index (χ3v) is 1.93. The number of carboxylic acid groups (broad SMARTS) is 3. The molecule has 0 N–H and O–H groups in total. The van der Waals surface area contributed by atoms with Crippen molar-refractivity contribution in [2.45, 2.75) is 6.92 Å². The first-order valence-corrected chi connectivity index (χ1v) is 4.13. The van der Waals surface area contributed by atoms with Crippen LogP contribution < -0.4 is 15.3 Å². The third kappa shape index (κ3) is 2.00. The van der Waals surface area contributed by atoms with Crippen LogP contribution in [0.25, 0.3) is 0 Å². The van der Waals surface area contributed by atoms with E-state index in [9.17, 15) is 29.7 Å². The van der Waals surface area contributed by atoms with Gasteiger partial charge in [0.25, 0.3) is 0 Å². The topological polar surface area (TPSA) is 120 Å². The number of benzene rings is 1. The molecule has 1 aromatic rings. The van der Waals surface area contributed by atoms with Crippen LogP contribution >= 0.6 is 0 Å². The highest BCUT2D eigenvalue weighted by Gasteiger charge is 2.12. The van der Waals surface area contributed by atoms with Gasteiger partial charge in [0.2, 0.25) is 0 Å². The van der Waals surface area contributed by atoms with Crippen molar-refractivity contribution < 1.29 is 29.7 Å². The van der Waals surface area contributed by atoms with Gasteiger partial charge >= 0.3 is 0 Å². The molecule has 0 aliphatic carbocycles. The Morgan fingerprint density at radius 1 is 0.875 bits per heavy atom. The molecule has 0 radical (unpaired) electrons. The Hall–Kier alpha value is -2.37. The molecule has 0 heterocycles. The standard InChI is InChI=1S/C10H8O6/c1-4-2-5(8(11)12)7(10(15)16)6(3-4)9(13)14/h2-3H,1H3,(H,11,12)(H,13,14)(H,15,16)/p-3. The first-order valence-electron chi connectivity index (χ1n) is 4.13. The Morgan fingerprint density at radius 3 is 1.50 bits per heavy atom. The fourth-order valence-electron chi connectivity index (χ4n) is 1.33. The second-order valence-corrected chi connectivity index (χ2v) is 3.10. The van der Waals surface area contributed by atoms with Crippen molar-refractivity contribution in [1.82, 2.24) is 0 Å². The fraction of sp³-hybridized carbons (Fsp3) is 0.100. The highest BCUT2D eigenvalue weighted by Crippen LogP contribution is 2.16. The van der Waals surface area contributed by atoms with Gasteiger partial charge in [-0.15, -0.1) is 0 Å². The smallest absolute Gasteiger partial charge is 0.0728 e. The Labute approximate surface area is 89.8 Å². The molecule has 0 bridgehead atoms. The molecular formula is C10H5O6-3. The van der Waals surface area contributed by atoms with E-state index in [0.717, 1.165) is 12.1 Å². The Kier molecular flexibility index (Phi) is 2.94. The number of rotatable bonds is 3. The summed E-state index contributed by atoms with van der Waals surface area (Å²) in [4.78, 5) is 31.9. The van der Waals surface area contributed by atoms with Gasteiger partial charge in [0.05, 0.1) is 17.9 Å². The monoisotopic (exact) mass is 221 g/mol. The lowest BCUT2D eigenvalue weighted by Gasteiger charge is -2.17. The number of aryl methyl sites for hydroxylation is 1. The number of hydrogen-bond acceptors (Lipinski definition) is 6. The van der Waals surface area contributed by atoms with E-state index in [1.165, 1.54) is 6.92 Å². The van der Waals surface area contributed by atoms with Gasteiger partial charge in [0.15, 0.2) is 0 Å². The van der Waals surface area contributed by atoms with Gasteiger partial charge in [-0.25, -0.2) is 0 Å². The van der Waals surface area contributed by atoms with Crippen molar-refractivity contribution in [3.8, 4) is 0 Å². The molecule has 0 aliphatic heterocycles. The van der Waals surface area contributed by atoms with Crippen LogP contribution in [-0.4, -0.2) is 17.9 Å². The number of carboxylic acids is 3. The molecule has 6 nitrogen and oxygen atoms in total. The zero-order valence-electron chi connectivity index (χ0n) is 8.10. The quantitative estimate of drug-likeness (QED) is 0.539. The molecule has 6 heteroatoms. The van der Waals surface area contributed by atoms with E-state index in [2.05, 4.69) is 0 Å². The van der Waals surface area contributed by atoms with Gasteiger partial charge in [0, 0.05) is 16.7 Å². The summed E-state index contributed by atoms with van der Waals surface area (Å²) in [7, 11) is 0. The van der Waals surface area contributed by atoms with Gasteiger partial charge in [0.1, 0.15) is 0 Å². The van der Waals surface area contributed by atoms with Crippen LogP contribution in [0, 0.1) is 6.92 Å². The Bertz CT molecular complexity index is 453. The van der Waals surface area contributed by atoms with Gasteiger partial charge in [-0.05, 0) is 24.6 Å².